The SMILES string of the molecule is CCOC(=O)/C(F)=C\[C@@H]1[C@@H](C(=O)Cl)C1(C)C. The highest BCUT2D eigenvalue weighted by Gasteiger charge is 2.60. The Morgan fingerprint density at radius 3 is 2.44 bits per heavy atom. The molecule has 1 rings (SSSR count). The molecule has 1 fully saturated rings. The van der Waals surface area contributed by atoms with Crippen LogP contribution in [-0.2, 0) is 14.3 Å². The third-order valence-corrected chi connectivity index (χ3v) is 3.19. The van der Waals surface area contributed by atoms with Gasteiger partial charge in [0, 0.05) is 5.92 Å². The molecule has 0 bridgehead atoms. The lowest BCUT2D eigenvalue weighted by atomic mass is 10.1. The number of hydrogen-bond acceptors (Lipinski definition) is 3. The van der Waals surface area contributed by atoms with E-state index in [9.17, 15) is 14.0 Å². The van der Waals surface area contributed by atoms with Crippen LogP contribution in [0.3, 0.4) is 0 Å². The van der Waals surface area contributed by atoms with Crippen molar-refractivity contribution in [1.82, 2.24) is 0 Å². The Morgan fingerprint density at radius 1 is 1.50 bits per heavy atom. The topological polar surface area (TPSA) is 43.4 Å². The van der Waals surface area contributed by atoms with Crippen LogP contribution >= 0.6 is 11.6 Å². The summed E-state index contributed by atoms with van der Waals surface area (Å²) in [7, 11) is 0. The van der Waals surface area contributed by atoms with Crippen molar-refractivity contribution in [3.63, 3.8) is 0 Å². The zero-order valence-corrected chi connectivity index (χ0v) is 10.2. The van der Waals surface area contributed by atoms with Crippen LogP contribution < -0.4 is 0 Å². The summed E-state index contributed by atoms with van der Waals surface area (Å²) in [6.45, 7) is 5.32. The Hall–Kier alpha value is -0.900. The Morgan fingerprint density at radius 2 is 2.06 bits per heavy atom. The summed E-state index contributed by atoms with van der Waals surface area (Å²) in [4.78, 5) is 22.0. The lowest BCUT2D eigenvalue weighted by Gasteiger charge is -1.99. The fraction of sp³-hybridized carbons (Fsp3) is 0.636. The molecule has 2 atom stereocenters. The number of esters is 1. The maximum atomic E-state index is 13.3. The molecule has 16 heavy (non-hydrogen) atoms. The summed E-state index contributed by atoms with van der Waals surface area (Å²) in [5.74, 6) is -2.71. The average molecular weight is 249 g/mol. The number of rotatable bonds is 4. The third-order valence-electron chi connectivity index (χ3n) is 2.95. The zero-order valence-electron chi connectivity index (χ0n) is 9.42. The smallest absolute Gasteiger partial charge is 0.366 e. The molecule has 1 aliphatic rings. The predicted octanol–water partition coefficient (Wildman–Crippen LogP) is 2.44. The first-order valence-corrected chi connectivity index (χ1v) is 5.44. The van der Waals surface area contributed by atoms with Crippen LogP contribution in [0.15, 0.2) is 11.9 Å². The van der Waals surface area contributed by atoms with Crippen LogP contribution in [0.4, 0.5) is 4.39 Å². The van der Waals surface area contributed by atoms with Gasteiger partial charge in [-0.3, -0.25) is 4.79 Å². The van der Waals surface area contributed by atoms with Crippen molar-refractivity contribution in [2.45, 2.75) is 20.8 Å². The molecular weight excluding hydrogens is 235 g/mol. The van der Waals surface area contributed by atoms with Crippen LogP contribution in [0.2, 0.25) is 0 Å². The third kappa shape index (κ3) is 2.43. The summed E-state index contributed by atoms with van der Waals surface area (Å²) in [6.07, 6.45) is 1.13. The first-order valence-electron chi connectivity index (χ1n) is 5.06. The molecule has 0 spiro atoms. The standard InChI is InChI=1S/C11H14ClFO3/c1-4-16-10(15)7(13)5-6-8(9(12)14)11(6,2)3/h5-6,8H,4H2,1-3H3/b7-5+/t6-,8+/m1/s1. The zero-order chi connectivity index (χ0) is 12.5. The molecule has 0 aromatic rings. The first kappa shape index (κ1) is 13.2. The molecule has 0 aromatic heterocycles. The first-order chi connectivity index (χ1) is 7.32. The molecule has 0 unspecified atom stereocenters. The lowest BCUT2D eigenvalue weighted by molar-refractivity contribution is -0.140. The Balaban J connectivity index is 2.72. The van der Waals surface area contributed by atoms with Gasteiger partial charge in [0.1, 0.15) is 0 Å². The van der Waals surface area contributed by atoms with Gasteiger partial charge in [0.2, 0.25) is 11.1 Å². The molecule has 90 valence electrons. The molecule has 0 heterocycles. The molecule has 0 amide bonds. The molecule has 0 N–H and O–H groups in total. The van der Waals surface area contributed by atoms with Gasteiger partial charge in [0.25, 0.3) is 0 Å². The minimum Gasteiger partial charge on any atom is -0.461 e. The van der Waals surface area contributed by atoms with Gasteiger partial charge in [-0.1, -0.05) is 13.8 Å². The van der Waals surface area contributed by atoms with Crippen LogP contribution in [0.5, 0.6) is 0 Å². The Bertz CT molecular complexity index is 349. The van der Waals surface area contributed by atoms with E-state index in [1.807, 2.05) is 0 Å². The second-order valence-corrected chi connectivity index (χ2v) is 4.74. The van der Waals surface area contributed by atoms with Gasteiger partial charge in [-0.15, -0.1) is 0 Å². The highest BCUT2D eigenvalue weighted by molar-refractivity contribution is 6.64. The van der Waals surface area contributed by atoms with Crippen molar-refractivity contribution in [3.8, 4) is 0 Å². The second kappa shape index (κ2) is 4.53. The second-order valence-electron chi connectivity index (χ2n) is 4.36. The van der Waals surface area contributed by atoms with Crippen LogP contribution in [0.25, 0.3) is 0 Å². The van der Waals surface area contributed by atoms with Gasteiger partial charge in [0.15, 0.2) is 0 Å². The number of carbonyl (C=O) groups excluding carboxylic acids is 2. The van der Waals surface area contributed by atoms with Gasteiger partial charge >= 0.3 is 5.97 Å². The van der Waals surface area contributed by atoms with Crippen LogP contribution in [0, 0.1) is 17.3 Å². The normalized spacial score (nSPS) is 27.4. The van der Waals surface area contributed by atoms with E-state index in [4.69, 9.17) is 11.6 Å². The van der Waals surface area contributed by atoms with Crippen molar-refractivity contribution in [1.29, 1.82) is 0 Å². The molecule has 0 aliphatic heterocycles. The summed E-state index contributed by atoms with van der Waals surface area (Å²) in [5, 5.41) is -0.497. The predicted molar refractivity (Wildman–Crippen MR) is 57.4 cm³/mol. The summed E-state index contributed by atoms with van der Waals surface area (Å²) in [6, 6.07) is 0. The van der Waals surface area contributed by atoms with Gasteiger partial charge in [-0.05, 0) is 35.9 Å². The van der Waals surface area contributed by atoms with Gasteiger partial charge in [-0.2, -0.15) is 4.39 Å². The van der Waals surface area contributed by atoms with Crippen molar-refractivity contribution in [3.05, 3.63) is 11.9 Å². The van der Waals surface area contributed by atoms with E-state index in [1.165, 1.54) is 0 Å². The molecular formula is C11H14ClFO3. The quantitative estimate of drug-likeness (QED) is 0.436. The monoisotopic (exact) mass is 248 g/mol. The van der Waals surface area contributed by atoms with E-state index in [1.54, 1.807) is 20.8 Å². The molecule has 5 heteroatoms. The van der Waals surface area contributed by atoms with Gasteiger partial charge < -0.3 is 4.74 Å². The molecule has 0 saturated heterocycles. The summed E-state index contributed by atoms with van der Waals surface area (Å²) in [5.41, 5.74) is -0.386. The Labute approximate surface area is 98.6 Å². The Kier molecular flexibility index (Phi) is 3.73. The van der Waals surface area contributed by atoms with E-state index in [0.717, 1.165) is 6.08 Å². The van der Waals surface area contributed by atoms with Crippen molar-refractivity contribution >= 4 is 22.8 Å². The minimum absolute atomic E-state index is 0.117. The van der Waals surface area contributed by atoms with E-state index >= 15 is 0 Å². The highest BCUT2D eigenvalue weighted by Crippen LogP contribution is 2.60. The maximum Gasteiger partial charge on any atom is 0.366 e. The fourth-order valence-electron chi connectivity index (χ4n) is 1.85. The van der Waals surface area contributed by atoms with E-state index in [0.29, 0.717) is 0 Å². The molecule has 1 saturated carbocycles. The van der Waals surface area contributed by atoms with Crippen molar-refractivity contribution < 1.29 is 18.7 Å². The molecule has 0 aromatic carbocycles. The summed E-state index contributed by atoms with van der Waals surface area (Å²) < 4.78 is 17.8. The highest BCUT2D eigenvalue weighted by atomic mass is 35.5. The van der Waals surface area contributed by atoms with Gasteiger partial charge in [0.05, 0.1) is 6.61 Å². The number of hydrogen-bond donors (Lipinski definition) is 0. The van der Waals surface area contributed by atoms with Crippen molar-refractivity contribution in [2.24, 2.45) is 17.3 Å². The lowest BCUT2D eigenvalue weighted by Crippen LogP contribution is -2.05. The molecule has 0 radical (unpaired) electrons. The van der Waals surface area contributed by atoms with Crippen LogP contribution in [-0.4, -0.2) is 17.8 Å². The average Bonchev–Trinajstić information content (AvgIpc) is 2.68. The van der Waals surface area contributed by atoms with Crippen LogP contribution in [0.1, 0.15) is 20.8 Å². The maximum absolute atomic E-state index is 13.3. The number of allylic oxidation sites excluding steroid dienone is 1. The van der Waals surface area contributed by atoms with Gasteiger partial charge in [-0.25, -0.2) is 4.79 Å². The summed E-state index contributed by atoms with van der Waals surface area (Å²) >= 11 is 5.37. The van der Waals surface area contributed by atoms with Crippen molar-refractivity contribution in [2.75, 3.05) is 6.61 Å². The van der Waals surface area contributed by atoms with E-state index in [2.05, 4.69) is 4.74 Å². The number of carbonyl (C=O) groups is 2. The minimum atomic E-state index is -0.994. The largest absolute Gasteiger partial charge is 0.461 e. The number of ether oxygens (including phenoxy) is 1. The number of halogens is 2. The fourth-order valence-corrected chi connectivity index (χ4v) is 2.26. The molecule has 3 nitrogen and oxygen atoms in total. The van der Waals surface area contributed by atoms with E-state index in [-0.39, 0.29) is 17.9 Å². The van der Waals surface area contributed by atoms with E-state index < -0.39 is 23.0 Å². The molecule has 1 aliphatic carbocycles.